The fourth-order valence-electron chi connectivity index (χ4n) is 3.61. The lowest BCUT2D eigenvalue weighted by Crippen LogP contribution is -2.31. The Labute approximate surface area is 163 Å². The van der Waals surface area contributed by atoms with E-state index in [9.17, 15) is 0 Å². The van der Waals surface area contributed by atoms with Crippen molar-refractivity contribution in [2.45, 2.75) is 32.9 Å². The minimum atomic E-state index is 0.544. The third-order valence-electron chi connectivity index (χ3n) is 5.06. The molecule has 1 N–H and O–H groups in total. The van der Waals surface area contributed by atoms with Gasteiger partial charge in [0.15, 0.2) is 11.5 Å². The van der Waals surface area contributed by atoms with Crippen molar-refractivity contribution in [3.05, 3.63) is 59.7 Å². The van der Waals surface area contributed by atoms with Crippen LogP contribution in [-0.4, -0.2) is 38.2 Å². The van der Waals surface area contributed by atoms with Crippen molar-refractivity contribution < 1.29 is 9.47 Å². The molecule has 4 heteroatoms. The van der Waals surface area contributed by atoms with E-state index in [1.54, 1.807) is 7.11 Å². The van der Waals surface area contributed by atoms with E-state index in [0.717, 1.165) is 30.2 Å². The topological polar surface area (TPSA) is 33.7 Å². The van der Waals surface area contributed by atoms with Gasteiger partial charge < -0.3 is 19.7 Å². The van der Waals surface area contributed by atoms with Crippen LogP contribution in [0.1, 0.15) is 30.9 Å². The number of hydrogen-bond donors (Lipinski definition) is 1. The number of hydrogen-bond acceptors (Lipinski definition) is 4. The molecule has 0 aliphatic carbocycles. The van der Waals surface area contributed by atoms with E-state index in [-0.39, 0.29) is 0 Å². The average molecular weight is 369 g/mol. The predicted molar refractivity (Wildman–Crippen MR) is 110 cm³/mol. The standard InChI is InChI=1S/C23H32N2O2/c1-19(17-25-12-6-7-13-25)15-24-16-21-10-11-22(23(14-21)26-2)27-18-20-8-4-3-5-9-20/h3-5,8-11,14,19,24H,6-7,12-13,15-18H2,1-2H3. The van der Waals surface area contributed by atoms with Gasteiger partial charge in [0.1, 0.15) is 6.61 Å². The first-order chi connectivity index (χ1) is 13.2. The molecule has 1 aliphatic heterocycles. The van der Waals surface area contributed by atoms with E-state index in [0.29, 0.717) is 12.5 Å². The number of nitrogens with one attached hydrogen (secondary N) is 1. The van der Waals surface area contributed by atoms with Crippen LogP contribution in [0.5, 0.6) is 11.5 Å². The molecule has 1 fully saturated rings. The second kappa shape index (κ2) is 10.3. The lowest BCUT2D eigenvalue weighted by atomic mass is 10.1. The Balaban J connectivity index is 1.46. The number of nitrogens with zero attached hydrogens (tertiary/aromatic N) is 1. The van der Waals surface area contributed by atoms with Crippen molar-refractivity contribution >= 4 is 0 Å². The zero-order chi connectivity index (χ0) is 18.9. The van der Waals surface area contributed by atoms with Crippen LogP contribution in [0.2, 0.25) is 0 Å². The molecule has 1 aliphatic rings. The lowest BCUT2D eigenvalue weighted by Gasteiger charge is -2.20. The SMILES string of the molecule is COc1cc(CNCC(C)CN2CCCC2)ccc1OCc1ccccc1. The molecule has 1 unspecified atom stereocenters. The highest BCUT2D eigenvalue weighted by Gasteiger charge is 2.14. The third kappa shape index (κ3) is 6.26. The van der Waals surface area contributed by atoms with Crippen LogP contribution in [0.25, 0.3) is 0 Å². The van der Waals surface area contributed by atoms with Gasteiger partial charge in [0.25, 0.3) is 0 Å². The molecule has 4 nitrogen and oxygen atoms in total. The van der Waals surface area contributed by atoms with Crippen LogP contribution in [-0.2, 0) is 13.2 Å². The molecule has 1 heterocycles. The summed E-state index contributed by atoms with van der Waals surface area (Å²) in [5.74, 6) is 2.24. The molecule has 0 amide bonds. The van der Waals surface area contributed by atoms with Gasteiger partial charge in [-0.05, 0) is 61.7 Å². The lowest BCUT2D eigenvalue weighted by molar-refractivity contribution is 0.281. The Kier molecular flexibility index (Phi) is 7.55. The number of likely N-dealkylation sites (tertiary alicyclic amines) is 1. The molecular formula is C23H32N2O2. The number of methoxy groups -OCH3 is 1. The van der Waals surface area contributed by atoms with Gasteiger partial charge in [-0.3, -0.25) is 0 Å². The summed E-state index contributed by atoms with van der Waals surface area (Å²) in [5, 5.41) is 3.58. The van der Waals surface area contributed by atoms with Crippen molar-refractivity contribution in [3.63, 3.8) is 0 Å². The summed E-state index contributed by atoms with van der Waals surface area (Å²) in [5.41, 5.74) is 2.37. The van der Waals surface area contributed by atoms with E-state index in [1.165, 1.54) is 38.0 Å². The summed E-state index contributed by atoms with van der Waals surface area (Å²) >= 11 is 0. The van der Waals surface area contributed by atoms with Crippen molar-refractivity contribution in [1.29, 1.82) is 0 Å². The minimum Gasteiger partial charge on any atom is -0.493 e. The summed E-state index contributed by atoms with van der Waals surface area (Å²) in [6.45, 7) is 8.49. The van der Waals surface area contributed by atoms with Crippen molar-refractivity contribution in [2.24, 2.45) is 5.92 Å². The second-order valence-corrected chi connectivity index (χ2v) is 7.50. The van der Waals surface area contributed by atoms with Crippen LogP contribution in [0.15, 0.2) is 48.5 Å². The molecule has 3 rings (SSSR count). The maximum absolute atomic E-state index is 5.94. The Morgan fingerprint density at radius 2 is 1.78 bits per heavy atom. The molecule has 1 atom stereocenters. The normalized spacial score (nSPS) is 15.6. The Bertz CT molecular complexity index is 684. The number of benzene rings is 2. The molecule has 1 saturated heterocycles. The molecule has 0 saturated carbocycles. The molecule has 0 aromatic heterocycles. The van der Waals surface area contributed by atoms with Gasteiger partial charge in [-0.25, -0.2) is 0 Å². The summed E-state index contributed by atoms with van der Waals surface area (Å²) in [6, 6.07) is 16.4. The van der Waals surface area contributed by atoms with Gasteiger partial charge in [0.2, 0.25) is 0 Å². The molecule has 27 heavy (non-hydrogen) atoms. The molecule has 0 radical (unpaired) electrons. The maximum atomic E-state index is 5.94. The van der Waals surface area contributed by atoms with Gasteiger partial charge in [-0.2, -0.15) is 0 Å². The highest BCUT2D eigenvalue weighted by Crippen LogP contribution is 2.28. The fraction of sp³-hybridized carbons (Fsp3) is 0.478. The molecule has 146 valence electrons. The molecule has 0 bridgehead atoms. The van der Waals surface area contributed by atoms with Crippen molar-refractivity contribution in [3.8, 4) is 11.5 Å². The summed E-state index contributed by atoms with van der Waals surface area (Å²) < 4.78 is 11.5. The first-order valence-electron chi connectivity index (χ1n) is 10.0. The van der Waals surface area contributed by atoms with E-state index in [2.05, 4.69) is 41.4 Å². The van der Waals surface area contributed by atoms with Crippen LogP contribution >= 0.6 is 0 Å². The van der Waals surface area contributed by atoms with Gasteiger partial charge in [-0.15, -0.1) is 0 Å². The smallest absolute Gasteiger partial charge is 0.161 e. The second-order valence-electron chi connectivity index (χ2n) is 7.50. The van der Waals surface area contributed by atoms with Gasteiger partial charge in [0, 0.05) is 13.1 Å². The highest BCUT2D eigenvalue weighted by molar-refractivity contribution is 5.43. The molecule has 2 aromatic rings. The van der Waals surface area contributed by atoms with Crippen molar-refractivity contribution in [1.82, 2.24) is 10.2 Å². The number of rotatable bonds is 10. The number of ether oxygens (including phenoxy) is 2. The fourth-order valence-corrected chi connectivity index (χ4v) is 3.61. The molecular weight excluding hydrogens is 336 g/mol. The van der Waals surface area contributed by atoms with Crippen molar-refractivity contribution in [2.75, 3.05) is 33.3 Å². The Morgan fingerprint density at radius 3 is 2.52 bits per heavy atom. The van der Waals surface area contributed by atoms with Crippen LogP contribution in [0.4, 0.5) is 0 Å². The van der Waals surface area contributed by atoms with E-state index in [4.69, 9.17) is 9.47 Å². The van der Waals surface area contributed by atoms with Gasteiger partial charge in [-0.1, -0.05) is 43.3 Å². The van der Waals surface area contributed by atoms with Crippen LogP contribution in [0, 0.1) is 5.92 Å². The monoisotopic (exact) mass is 368 g/mol. The molecule has 0 spiro atoms. The summed E-state index contributed by atoms with van der Waals surface area (Å²) in [4.78, 5) is 2.58. The predicted octanol–water partition coefficient (Wildman–Crippen LogP) is 4.10. The zero-order valence-electron chi connectivity index (χ0n) is 16.6. The molecule has 2 aromatic carbocycles. The highest BCUT2D eigenvalue weighted by atomic mass is 16.5. The Hall–Kier alpha value is -2.04. The average Bonchev–Trinajstić information content (AvgIpc) is 3.20. The summed E-state index contributed by atoms with van der Waals surface area (Å²) in [7, 11) is 1.69. The van der Waals surface area contributed by atoms with Gasteiger partial charge in [0.05, 0.1) is 7.11 Å². The summed E-state index contributed by atoms with van der Waals surface area (Å²) in [6.07, 6.45) is 2.72. The Morgan fingerprint density at radius 1 is 1.00 bits per heavy atom. The van der Waals surface area contributed by atoms with Crippen LogP contribution in [0.3, 0.4) is 0 Å². The van der Waals surface area contributed by atoms with E-state index >= 15 is 0 Å². The van der Waals surface area contributed by atoms with Gasteiger partial charge >= 0.3 is 0 Å². The first-order valence-corrected chi connectivity index (χ1v) is 10.0. The first kappa shape index (κ1) is 19.7. The largest absolute Gasteiger partial charge is 0.493 e. The third-order valence-corrected chi connectivity index (χ3v) is 5.06. The van der Waals surface area contributed by atoms with E-state index in [1.807, 2.05) is 24.3 Å². The maximum Gasteiger partial charge on any atom is 0.161 e. The minimum absolute atomic E-state index is 0.544. The van der Waals surface area contributed by atoms with E-state index < -0.39 is 0 Å². The zero-order valence-corrected chi connectivity index (χ0v) is 16.6. The van der Waals surface area contributed by atoms with Crippen LogP contribution < -0.4 is 14.8 Å². The quantitative estimate of drug-likeness (QED) is 0.685.